The van der Waals surface area contributed by atoms with Gasteiger partial charge in [0, 0.05) is 6.08 Å². The molecular weight excluding hydrogens is 350 g/mol. The van der Waals surface area contributed by atoms with Crippen molar-refractivity contribution in [1.29, 1.82) is 0 Å². The van der Waals surface area contributed by atoms with Crippen LogP contribution in [0.15, 0.2) is 30.3 Å². The van der Waals surface area contributed by atoms with Gasteiger partial charge < -0.3 is 0 Å². The topological polar surface area (TPSA) is 0 Å². The quantitative estimate of drug-likeness (QED) is 0.294. The molecule has 0 bridgehead atoms. The van der Waals surface area contributed by atoms with Crippen molar-refractivity contribution < 1.29 is 8.78 Å². The maximum absolute atomic E-state index is 12.3. The van der Waals surface area contributed by atoms with Crippen molar-refractivity contribution in [1.82, 2.24) is 0 Å². The van der Waals surface area contributed by atoms with Gasteiger partial charge in [-0.25, -0.2) is 0 Å². The molecule has 0 heterocycles. The fourth-order valence-electron chi connectivity index (χ4n) is 4.70. The molecule has 0 radical (unpaired) electrons. The Balaban J connectivity index is 1.52. The summed E-state index contributed by atoms with van der Waals surface area (Å²) >= 11 is 0. The molecule has 1 saturated carbocycles. The van der Waals surface area contributed by atoms with Gasteiger partial charge in [-0.15, -0.1) is 0 Å². The van der Waals surface area contributed by atoms with Crippen LogP contribution in [0.5, 0.6) is 0 Å². The molecule has 0 unspecified atom stereocenters. The predicted octanol–water partition coefficient (Wildman–Crippen LogP) is 9.51. The second kappa shape index (κ2) is 13.9. The summed E-state index contributed by atoms with van der Waals surface area (Å²) in [5.41, 5.74) is 1.92. The lowest BCUT2D eigenvalue weighted by molar-refractivity contribution is 0.301. The smallest absolute Gasteiger partial charge is 0.173 e. The fourth-order valence-corrected chi connectivity index (χ4v) is 4.70. The van der Waals surface area contributed by atoms with Gasteiger partial charge in [0.1, 0.15) is 0 Å². The van der Waals surface area contributed by atoms with Gasteiger partial charge in [0.05, 0.1) is 0 Å². The molecule has 158 valence electrons. The molecule has 0 saturated heterocycles. The van der Waals surface area contributed by atoms with Crippen LogP contribution < -0.4 is 0 Å². The molecule has 0 atom stereocenters. The predicted molar refractivity (Wildman–Crippen MR) is 118 cm³/mol. The lowest BCUT2D eigenvalue weighted by atomic mass is 9.77. The van der Waals surface area contributed by atoms with Crippen LogP contribution in [0, 0.1) is 5.92 Å². The van der Waals surface area contributed by atoms with Crippen molar-refractivity contribution in [3.8, 4) is 0 Å². The van der Waals surface area contributed by atoms with Crippen LogP contribution in [-0.4, -0.2) is 0 Å². The molecule has 1 aliphatic rings. The van der Waals surface area contributed by atoms with Crippen molar-refractivity contribution in [2.45, 2.75) is 109 Å². The van der Waals surface area contributed by atoms with Gasteiger partial charge in [0.25, 0.3) is 6.08 Å². The summed E-state index contributed by atoms with van der Waals surface area (Å²) in [6.07, 6.45) is 20.0. The minimum atomic E-state index is -1.62. The van der Waals surface area contributed by atoms with Crippen molar-refractivity contribution in [3.63, 3.8) is 0 Å². The van der Waals surface area contributed by atoms with Gasteiger partial charge in [-0.3, -0.25) is 0 Å². The number of rotatable bonds is 13. The van der Waals surface area contributed by atoms with Crippen LogP contribution in [-0.2, 0) is 0 Å². The Morgan fingerprint density at radius 1 is 0.786 bits per heavy atom. The molecule has 28 heavy (non-hydrogen) atoms. The Hall–Kier alpha value is -1.18. The molecule has 0 aliphatic heterocycles. The molecule has 0 N–H and O–H groups in total. The fraction of sp³-hybridized carbons (Fsp3) is 0.692. The average Bonchev–Trinajstić information content (AvgIpc) is 2.70. The standard InChI is InChI=1S/C26H40F2/c1-2-3-4-5-6-7-8-9-10-11-12-22-13-17-24(18-14-22)25-19-15-23(16-20-25)21-26(27)28/h15-16,19-22,24H,2-14,17-18H2,1H3/t22-,24-. The highest BCUT2D eigenvalue weighted by Crippen LogP contribution is 2.38. The van der Waals surface area contributed by atoms with E-state index in [1.807, 2.05) is 24.3 Å². The minimum absolute atomic E-state index is 0.596. The van der Waals surface area contributed by atoms with Crippen LogP contribution in [0.3, 0.4) is 0 Å². The van der Waals surface area contributed by atoms with Gasteiger partial charge in [0.2, 0.25) is 0 Å². The van der Waals surface area contributed by atoms with Gasteiger partial charge in [-0.1, -0.05) is 102 Å². The zero-order valence-electron chi connectivity index (χ0n) is 17.9. The maximum Gasteiger partial charge on any atom is 0.270 e. The van der Waals surface area contributed by atoms with Gasteiger partial charge in [-0.2, -0.15) is 8.78 Å². The maximum atomic E-state index is 12.3. The number of unbranched alkanes of at least 4 members (excludes halogenated alkanes) is 9. The summed E-state index contributed by atoms with van der Waals surface area (Å²) in [5.74, 6) is 1.53. The Labute approximate surface area is 171 Å². The van der Waals surface area contributed by atoms with Crippen LogP contribution in [0.25, 0.3) is 6.08 Å². The highest BCUT2D eigenvalue weighted by Gasteiger charge is 2.21. The zero-order chi connectivity index (χ0) is 20.0. The molecule has 1 aromatic carbocycles. The summed E-state index contributed by atoms with van der Waals surface area (Å²) < 4.78 is 24.7. The monoisotopic (exact) mass is 390 g/mol. The van der Waals surface area contributed by atoms with Crippen molar-refractivity contribution >= 4 is 6.08 Å². The lowest BCUT2D eigenvalue weighted by Gasteiger charge is -2.29. The van der Waals surface area contributed by atoms with Crippen LogP contribution >= 0.6 is 0 Å². The molecule has 0 spiro atoms. The third-order valence-corrected chi connectivity index (χ3v) is 6.50. The summed E-state index contributed by atoms with van der Waals surface area (Å²) in [6.45, 7) is 2.28. The first-order chi connectivity index (χ1) is 13.7. The summed E-state index contributed by atoms with van der Waals surface area (Å²) in [7, 11) is 0. The Morgan fingerprint density at radius 3 is 1.86 bits per heavy atom. The van der Waals surface area contributed by atoms with E-state index in [-0.39, 0.29) is 0 Å². The first-order valence-electron chi connectivity index (χ1n) is 11.8. The van der Waals surface area contributed by atoms with E-state index >= 15 is 0 Å². The van der Waals surface area contributed by atoms with E-state index in [1.54, 1.807) is 0 Å². The largest absolute Gasteiger partial charge is 0.270 e. The summed E-state index contributed by atoms with van der Waals surface area (Å²) in [5, 5.41) is 0. The molecule has 0 aromatic heterocycles. The molecular formula is C26H40F2. The van der Waals surface area contributed by atoms with Crippen molar-refractivity contribution in [2.24, 2.45) is 5.92 Å². The molecule has 1 aromatic rings. The normalized spacial score (nSPS) is 19.5. The third-order valence-electron chi connectivity index (χ3n) is 6.50. The molecule has 2 rings (SSSR count). The average molecular weight is 391 g/mol. The van der Waals surface area contributed by atoms with E-state index in [0.717, 1.165) is 12.0 Å². The lowest BCUT2D eigenvalue weighted by Crippen LogP contribution is -2.13. The number of halogens is 2. The van der Waals surface area contributed by atoms with E-state index in [0.29, 0.717) is 11.5 Å². The number of hydrogen-bond donors (Lipinski definition) is 0. The van der Waals surface area contributed by atoms with Crippen molar-refractivity contribution in [2.75, 3.05) is 0 Å². The first-order valence-corrected chi connectivity index (χ1v) is 11.8. The van der Waals surface area contributed by atoms with Crippen LogP contribution in [0.4, 0.5) is 8.78 Å². The Kier molecular flexibility index (Phi) is 11.5. The van der Waals surface area contributed by atoms with Gasteiger partial charge in [-0.05, 0) is 48.6 Å². The SMILES string of the molecule is CCCCCCCCCCCC[C@H]1CC[C@H](c2ccc(C=C(F)F)cc2)CC1. The van der Waals surface area contributed by atoms with Gasteiger partial charge >= 0.3 is 0 Å². The molecule has 1 fully saturated rings. The Morgan fingerprint density at radius 2 is 1.32 bits per heavy atom. The van der Waals surface area contributed by atoms with E-state index < -0.39 is 6.08 Å². The Bertz CT molecular complexity index is 534. The molecule has 1 aliphatic carbocycles. The third kappa shape index (κ3) is 9.34. The van der Waals surface area contributed by atoms with E-state index in [1.165, 1.54) is 102 Å². The minimum Gasteiger partial charge on any atom is -0.173 e. The van der Waals surface area contributed by atoms with E-state index in [4.69, 9.17) is 0 Å². The first kappa shape index (κ1) is 23.1. The highest BCUT2D eigenvalue weighted by molar-refractivity contribution is 5.50. The molecule has 0 nitrogen and oxygen atoms in total. The number of hydrogen-bond acceptors (Lipinski definition) is 0. The highest BCUT2D eigenvalue weighted by atomic mass is 19.3. The van der Waals surface area contributed by atoms with Crippen LogP contribution in [0.1, 0.15) is 120 Å². The second-order valence-corrected chi connectivity index (χ2v) is 8.79. The van der Waals surface area contributed by atoms with E-state index in [9.17, 15) is 8.78 Å². The summed E-state index contributed by atoms with van der Waals surface area (Å²) in [6, 6.07) is 7.73. The number of benzene rings is 1. The second-order valence-electron chi connectivity index (χ2n) is 8.79. The molecule has 2 heteroatoms. The van der Waals surface area contributed by atoms with Crippen molar-refractivity contribution in [3.05, 3.63) is 41.5 Å². The molecule has 0 amide bonds. The summed E-state index contributed by atoms with van der Waals surface area (Å²) in [4.78, 5) is 0. The van der Waals surface area contributed by atoms with E-state index in [2.05, 4.69) is 6.92 Å². The van der Waals surface area contributed by atoms with Gasteiger partial charge in [0.15, 0.2) is 0 Å². The zero-order valence-corrected chi connectivity index (χ0v) is 17.9. The van der Waals surface area contributed by atoms with Crippen LogP contribution in [0.2, 0.25) is 0 Å².